The topological polar surface area (TPSA) is 69.9 Å². The Morgan fingerprint density at radius 2 is 2.05 bits per heavy atom. The van der Waals surface area contributed by atoms with Gasteiger partial charge in [-0.15, -0.1) is 0 Å². The maximum atomic E-state index is 6.05. The van der Waals surface area contributed by atoms with Gasteiger partial charge in [0, 0.05) is 29.2 Å². The second kappa shape index (κ2) is 5.09. The van der Waals surface area contributed by atoms with Gasteiger partial charge in [-0.2, -0.15) is 0 Å². The zero-order valence-electron chi connectivity index (χ0n) is 12.4. The van der Waals surface area contributed by atoms with E-state index in [0.29, 0.717) is 5.69 Å². The van der Waals surface area contributed by atoms with Crippen molar-refractivity contribution in [3.05, 3.63) is 54.1 Å². The molecule has 0 amide bonds. The molecule has 3 heterocycles. The zero-order chi connectivity index (χ0) is 15.0. The predicted molar refractivity (Wildman–Crippen MR) is 81.9 cm³/mol. The number of nitrogens with two attached hydrogens (primary N) is 1. The van der Waals surface area contributed by atoms with E-state index in [1.807, 2.05) is 26.4 Å². The normalized spacial score (nSPS) is 12.5. The van der Waals surface area contributed by atoms with Crippen LogP contribution in [0.1, 0.15) is 30.0 Å². The number of aryl methyl sites for hydroxylation is 2. The van der Waals surface area contributed by atoms with Gasteiger partial charge in [0.05, 0.1) is 24.3 Å². The summed E-state index contributed by atoms with van der Waals surface area (Å²) in [5.74, 6) is 1.84. The molecule has 0 aliphatic rings. The molecule has 0 aromatic carbocycles. The molecule has 3 aromatic heterocycles. The van der Waals surface area contributed by atoms with Gasteiger partial charge in [0.15, 0.2) is 0 Å². The van der Waals surface area contributed by atoms with Crippen molar-refractivity contribution >= 4 is 5.69 Å². The van der Waals surface area contributed by atoms with E-state index in [2.05, 4.69) is 27.5 Å². The van der Waals surface area contributed by atoms with E-state index in [9.17, 15) is 0 Å². The summed E-state index contributed by atoms with van der Waals surface area (Å²) in [6.45, 7) is 6.06. The van der Waals surface area contributed by atoms with Crippen LogP contribution in [0.5, 0.6) is 0 Å². The average molecular weight is 282 g/mol. The minimum absolute atomic E-state index is 0.111. The first-order chi connectivity index (χ1) is 10.1. The Bertz CT molecular complexity index is 772. The molecule has 0 saturated carbocycles. The molecular weight excluding hydrogens is 264 g/mol. The number of hydrogen-bond acceptors (Lipinski definition) is 4. The predicted octanol–water partition coefficient (Wildman–Crippen LogP) is 3.35. The minimum atomic E-state index is 0.111. The van der Waals surface area contributed by atoms with Crippen molar-refractivity contribution in [2.24, 2.45) is 0 Å². The van der Waals surface area contributed by atoms with Gasteiger partial charge >= 0.3 is 0 Å². The fourth-order valence-electron chi connectivity index (χ4n) is 2.66. The van der Waals surface area contributed by atoms with Crippen LogP contribution < -0.4 is 5.73 Å². The van der Waals surface area contributed by atoms with Crippen LogP contribution in [0, 0.1) is 13.8 Å². The summed E-state index contributed by atoms with van der Waals surface area (Å²) in [7, 11) is 0. The van der Waals surface area contributed by atoms with Crippen molar-refractivity contribution in [3.63, 3.8) is 0 Å². The third-order valence-corrected chi connectivity index (χ3v) is 3.74. The monoisotopic (exact) mass is 282 g/mol. The summed E-state index contributed by atoms with van der Waals surface area (Å²) in [6, 6.07) is 3.97. The first-order valence-corrected chi connectivity index (χ1v) is 6.86. The van der Waals surface area contributed by atoms with E-state index >= 15 is 0 Å². The summed E-state index contributed by atoms with van der Waals surface area (Å²) in [6.07, 6.45) is 7.08. The Morgan fingerprint density at radius 1 is 1.24 bits per heavy atom. The molecule has 3 rings (SSSR count). The second-order valence-corrected chi connectivity index (χ2v) is 5.19. The molecule has 0 radical (unpaired) electrons. The SMILES string of the molecule is Cc1cc(C(C)n2cncc2-c2cnccc2N)c(C)o1. The van der Waals surface area contributed by atoms with Crippen LogP contribution in [0.25, 0.3) is 11.3 Å². The lowest BCUT2D eigenvalue weighted by molar-refractivity contribution is 0.494. The van der Waals surface area contributed by atoms with Crippen LogP contribution in [0.3, 0.4) is 0 Å². The molecule has 5 heteroatoms. The molecule has 1 atom stereocenters. The fraction of sp³-hybridized carbons (Fsp3) is 0.250. The van der Waals surface area contributed by atoms with Crippen LogP contribution in [-0.4, -0.2) is 14.5 Å². The van der Waals surface area contributed by atoms with Gasteiger partial charge in [0.1, 0.15) is 11.5 Å². The zero-order valence-corrected chi connectivity index (χ0v) is 12.4. The van der Waals surface area contributed by atoms with Gasteiger partial charge in [-0.1, -0.05) is 0 Å². The van der Waals surface area contributed by atoms with E-state index in [0.717, 1.165) is 28.3 Å². The van der Waals surface area contributed by atoms with Gasteiger partial charge in [0.25, 0.3) is 0 Å². The van der Waals surface area contributed by atoms with Crippen LogP contribution in [0.4, 0.5) is 5.69 Å². The number of rotatable bonds is 3. The molecule has 21 heavy (non-hydrogen) atoms. The van der Waals surface area contributed by atoms with Crippen molar-refractivity contribution in [2.45, 2.75) is 26.8 Å². The maximum absolute atomic E-state index is 6.05. The van der Waals surface area contributed by atoms with Crippen molar-refractivity contribution in [3.8, 4) is 11.3 Å². The number of imidazole rings is 1. The van der Waals surface area contributed by atoms with Gasteiger partial charge in [-0.25, -0.2) is 4.98 Å². The van der Waals surface area contributed by atoms with Gasteiger partial charge in [-0.3, -0.25) is 4.98 Å². The summed E-state index contributed by atoms with van der Waals surface area (Å²) >= 11 is 0. The lowest BCUT2D eigenvalue weighted by atomic mass is 10.1. The van der Waals surface area contributed by atoms with Crippen molar-refractivity contribution in [2.75, 3.05) is 5.73 Å². The molecule has 0 bridgehead atoms. The molecule has 1 unspecified atom stereocenters. The highest BCUT2D eigenvalue weighted by atomic mass is 16.3. The van der Waals surface area contributed by atoms with Crippen molar-refractivity contribution < 1.29 is 4.42 Å². The second-order valence-electron chi connectivity index (χ2n) is 5.19. The third-order valence-electron chi connectivity index (χ3n) is 3.74. The Morgan fingerprint density at radius 3 is 2.71 bits per heavy atom. The third kappa shape index (κ3) is 2.31. The molecular formula is C16H18N4O. The van der Waals surface area contributed by atoms with Gasteiger partial charge < -0.3 is 14.7 Å². The van der Waals surface area contributed by atoms with Crippen molar-refractivity contribution in [1.29, 1.82) is 0 Å². The Hall–Kier alpha value is -2.56. The molecule has 5 nitrogen and oxygen atoms in total. The first kappa shape index (κ1) is 13.4. The largest absolute Gasteiger partial charge is 0.466 e. The van der Waals surface area contributed by atoms with Crippen LogP contribution >= 0.6 is 0 Å². The molecule has 3 aromatic rings. The molecule has 0 aliphatic carbocycles. The van der Waals surface area contributed by atoms with E-state index in [-0.39, 0.29) is 6.04 Å². The number of pyridine rings is 1. The highest BCUT2D eigenvalue weighted by Crippen LogP contribution is 2.31. The molecule has 0 saturated heterocycles. The first-order valence-electron chi connectivity index (χ1n) is 6.86. The van der Waals surface area contributed by atoms with Crippen molar-refractivity contribution in [1.82, 2.24) is 14.5 Å². The molecule has 0 aliphatic heterocycles. The summed E-state index contributed by atoms with van der Waals surface area (Å²) < 4.78 is 7.72. The van der Waals surface area contributed by atoms with Crippen LogP contribution in [-0.2, 0) is 0 Å². The number of anilines is 1. The smallest absolute Gasteiger partial charge is 0.106 e. The van der Waals surface area contributed by atoms with E-state index in [4.69, 9.17) is 10.2 Å². The Labute approximate surface area is 123 Å². The summed E-state index contributed by atoms with van der Waals surface area (Å²) in [4.78, 5) is 8.43. The molecule has 108 valence electrons. The van der Waals surface area contributed by atoms with Crippen LogP contribution in [0.2, 0.25) is 0 Å². The lowest BCUT2D eigenvalue weighted by Crippen LogP contribution is -2.08. The molecule has 0 fully saturated rings. The Balaban J connectivity index is 2.07. The molecule has 2 N–H and O–H groups in total. The number of nitrogen functional groups attached to an aromatic ring is 1. The number of nitrogens with zero attached hydrogens (tertiary/aromatic N) is 3. The average Bonchev–Trinajstić information content (AvgIpc) is 3.05. The van der Waals surface area contributed by atoms with Crippen LogP contribution in [0.15, 0.2) is 41.5 Å². The highest BCUT2D eigenvalue weighted by Gasteiger charge is 2.18. The fourth-order valence-corrected chi connectivity index (χ4v) is 2.66. The van der Waals surface area contributed by atoms with E-state index < -0.39 is 0 Å². The highest BCUT2D eigenvalue weighted by molar-refractivity contribution is 5.72. The standard InChI is InChI=1S/C16H18N4O/c1-10-6-13(12(3)21-10)11(2)20-9-19-8-16(20)14-7-18-5-4-15(14)17/h4-9,11H,1-3H3,(H2,17,18). The Kier molecular flexibility index (Phi) is 3.25. The summed E-state index contributed by atoms with van der Waals surface area (Å²) in [5, 5.41) is 0. The molecule has 0 spiro atoms. The number of hydrogen-bond donors (Lipinski definition) is 1. The minimum Gasteiger partial charge on any atom is -0.466 e. The van der Waals surface area contributed by atoms with E-state index in [1.54, 1.807) is 18.5 Å². The van der Waals surface area contributed by atoms with E-state index in [1.165, 1.54) is 0 Å². The number of furan rings is 1. The maximum Gasteiger partial charge on any atom is 0.106 e. The van der Waals surface area contributed by atoms with Gasteiger partial charge in [0.2, 0.25) is 0 Å². The number of aromatic nitrogens is 3. The summed E-state index contributed by atoms with van der Waals surface area (Å²) in [5.41, 5.74) is 9.73. The quantitative estimate of drug-likeness (QED) is 0.799. The van der Waals surface area contributed by atoms with Gasteiger partial charge in [-0.05, 0) is 32.9 Å². The lowest BCUT2D eigenvalue weighted by Gasteiger charge is -2.16.